The van der Waals surface area contributed by atoms with E-state index in [9.17, 15) is 17.3 Å². The van der Waals surface area contributed by atoms with Gasteiger partial charge in [0.15, 0.2) is 0 Å². The molecule has 0 aliphatic carbocycles. The fraction of sp³-hybridized carbons (Fsp3) is 0.625. The monoisotopic (exact) mass is 702 g/mol. The molecule has 0 radical (unpaired) electrons. The van der Waals surface area contributed by atoms with E-state index in [1.807, 2.05) is 28.2 Å². The fourth-order valence-corrected chi connectivity index (χ4v) is 3.90. The Kier molecular flexibility index (Phi) is 28.7. The lowest BCUT2D eigenvalue weighted by Gasteiger charge is -2.35. The topological polar surface area (TPSA) is 104 Å². The Morgan fingerprint density at radius 2 is 0.633 bits per heavy atom. The first-order valence-electron chi connectivity index (χ1n) is 16.9. The number of imidazole rings is 4. The molecule has 0 aromatic carbocycles. The number of aromatic nitrogens is 8. The lowest BCUT2D eigenvalue weighted by atomic mass is 10.3. The molecular weight excluding hydrogens is 642 g/mol. The predicted octanol–water partition coefficient (Wildman–Crippen LogP) is 1.80. The highest BCUT2D eigenvalue weighted by atomic mass is 19.5. The minimum atomic E-state index is -6.00. The van der Waals surface area contributed by atoms with E-state index >= 15 is 0 Å². The van der Waals surface area contributed by atoms with Gasteiger partial charge in [0.2, 0.25) is 25.3 Å². The third kappa shape index (κ3) is 34.2. The Labute approximate surface area is 291 Å². The molecule has 17 heteroatoms. The molecule has 0 fully saturated rings. The minimum Gasteiger partial charge on any atom is -0.907 e. The van der Waals surface area contributed by atoms with E-state index in [2.05, 4.69) is 139 Å². The number of unbranched alkanes of at least 4 members (excludes halogenated alkanes) is 4. The molecule has 0 aliphatic heterocycles. The fourth-order valence-electron chi connectivity index (χ4n) is 3.90. The van der Waals surface area contributed by atoms with Crippen molar-refractivity contribution < 1.29 is 50.6 Å². The Bertz CT molecular complexity index is 1110. The Morgan fingerprint density at radius 1 is 0.469 bits per heavy atom. The van der Waals surface area contributed by atoms with Crippen LogP contribution in [-0.2, 0) is 54.4 Å². The predicted molar refractivity (Wildman–Crippen MR) is 178 cm³/mol. The van der Waals surface area contributed by atoms with Gasteiger partial charge in [0.25, 0.3) is 0 Å². The van der Waals surface area contributed by atoms with Crippen LogP contribution in [0.25, 0.3) is 0 Å². The number of halogens is 4. The zero-order valence-corrected chi connectivity index (χ0v) is 30.9. The number of nitrogens with zero attached hydrogens (tertiary/aromatic N) is 8. The number of hydrogen-bond acceptors (Lipinski definition) is 3. The highest BCUT2D eigenvalue weighted by molar-refractivity contribution is 6.50. The average molecular weight is 703 g/mol. The molecule has 0 amide bonds. The molecule has 0 saturated carbocycles. The van der Waals surface area contributed by atoms with Gasteiger partial charge in [0.05, 0.1) is 54.4 Å². The summed E-state index contributed by atoms with van der Waals surface area (Å²) in [7, 11) is -0.740. The first-order chi connectivity index (χ1) is 23.0. The first-order valence-corrected chi connectivity index (χ1v) is 16.9. The molecular formula is C32H60B2F4N8O3. The summed E-state index contributed by atoms with van der Waals surface area (Å²) in [6.07, 6.45) is 35.3. The Balaban J connectivity index is 0. The standard InChI is InChI=1S/4C8H15N2.BF4.BO3/c4*1-3-4-5-10-7-6-9(2)8-10;2-1(3,4)5;2-1(3)4/h4*6-8H,3-5H2,1-2H3;;/q4*+1;-1;-3. The maximum Gasteiger partial charge on any atom is 0.673 e. The Morgan fingerprint density at radius 3 is 0.735 bits per heavy atom. The third-order valence-corrected chi connectivity index (χ3v) is 6.37. The number of hydrogen-bond donors (Lipinski definition) is 0. The van der Waals surface area contributed by atoms with Crippen LogP contribution >= 0.6 is 0 Å². The quantitative estimate of drug-likeness (QED) is 0.128. The molecule has 49 heavy (non-hydrogen) atoms. The van der Waals surface area contributed by atoms with Gasteiger partial charge >= 0.3 is 7.25 Å². The third-order valence-electron chi connectivity index (χ3n) is 6.37. The van der Waals surface area contributed by atoms with Crippen LogP contribution in [0.2, 0.25) is 0 Å². The van der Waals surface area contributed by atoms with Gasteiger partial charge < -0.3 is 32.3 Å². The zero-order chi connectivity index (χ0) is 37.7. The van der Waals surface area contributed by atoms with E-state index in [0.29, 0.717) is 0 Å². The molecule has 4 heterocycles. The zero-order valence-electron chi connectivity index (χ0n) is 30.9. The van der Waals surface area contributed by atoms with Gasteiger partial charge in [-0.05, 0) is 25.7 Å². The van der Waals surface area contributed by atoms with Crippen LogP contribution in [0.15, 0.2) is 74.9 Å². The normalized spacial score (nSPS) is 10.1. The van der Waals surface area contributed by atoms with Gasteiger partial charge in [-0.15, -0.1) is 0 Å². The summed E-state index contributed by atoms with van der Waals surface area (Å²) in [5.74, 6) is 0. The van der Waals surface area contributed by atoms with Gasteiger partial charge in [-0.1, -0.05) is 53.4 Å². The highest BCUT2D eigenvalue weighted by Gasteiger charge is 2.20. The molecule has 0 N–H and O–H groups in total. The summed E-state index contributed by atoms with van der Waals surface area (Å²) in [4.78, 5) is 0. The molecule has 4 rings (SSSR count). The molecule has 0 atom stereocenters. The van der Waals surface area contributed by atoms with Crippen molar-refractivity contribution in [3.05, 3.63) is 74.9 Å². The maximum atomic E-state index is 9.75. The van der Waals surface area contributed by atoms with Crippen molar-refractivity contribution in [2.45, 2.75) is 105 Å². The van der Waals surface area contributed by atoms with Gasteiger partial charge in [0, 0.05) is 0 Å². The highest BCUT2D eigenvalue weighted by Crippen LogP contribution is 2.06. The summed E-state index contributed by atoms with van der Waals surface area (Å²) in [5.41, 5.74) is 0. The molecule has 0 bridgehead atoms. The van der Waals surface area contributed by atoms with E-state index < -0.39 is 14.6 Å². The molecule has 0 saturated heterocycles. The Hall–Kier alpha value is -3.43. The van der Waals surface area contributed by atoms with Crippen LogP contribution in [0.1, 0.15) is 79.1 Å². The van der Waals surface area contributed by atoms with Crippen molar-refractivity contribution in [2.24, 2.45) is 28.2 Å². The van der Waals surface area contributed by atoms with E-state index in [1.165, 1.54) is 51.4 Å². The van der Waals surface area contributed by atoms with Crippen molar-refractivity contribution in [1.82, 2.24) is 18.3 Å². The van der Waals surface area contributed by atoms with Crippen LogP contribution < -0.4 is 33.3 Å². The van der Waals surface area contributed by atoms with Gasteiger partial charge in [-0.2, -0.15) is 0 Å². The lowest BCUT2D eigenvalue weighted by Crippen LogP contribution is -2.56. The summed E-state index contributed by atoms with van der Waals surface area (Å²) >= 11 is 0. The van der Waals surface area contributed by atoms with Crippen molar-refractivity contribution in [3.63, 3.8) is 0 Å². The van der Waals surface area contributed by atoms with Crippen LogP contribution in [0.3, 0.4) is 0 Å². The molecule has 4 aromatic rings. The number of aryl methyl sites for hydroxylation is 8. The summed E-state index contributed by atoms with van der Waals surface area (Å²) in [6.45, 7) is 13.4. The minimum absolute atomic E-state index is 1.15. The van der Waals surface area contributed by atoms with E-state index in [-0.39, 0.29) is 0 Å². The largest absolute Gasteiger partial charge is 0.907 e. The summed E-state index contributed by atoms with van der Waals surface area (Å²) < 4.78 is 56.1. The SMILES string of the molecule is CCCCn1cc[n+](C)c1.CCCCn1cc[n+](C)c1.CCCCn1cc[n+](C)c1.CCCCn1cc[n+](C)c1.F[B-](F)(F)F.[O-]B([O-])[O-]. The molecule has 11 nitrogen and oxygen atoms in total. The van der Waals surface area contributed by atoms with E-state index in [4.69, 9.17) is 15.1 Å². The lowest BCUT2D eigenvalue weighted by molar-refractivity contribution is -0.671. The van der Waals surface area contributed by atoms with Crippen molar-refractivity contribution >= 4 is 14.6 Å². The molecule has 0 aliphatic rings. The molecule has 4 aromatic heterocycles. The van der Waals surface area contributed by atoms with E-state index in [0.717, 1.165) is 26.2 Å². The second kappa shape index (κ2) is 29.5. The van der Waals surface area contributed by atoms with Crippen LogP contribution in [0.4, 0.5) is 17.3 Å². The smallest absolute Gasteiger partial charge is 0.673 e. The van der Waals surface area contributed by atoms with E-state index in [1.54, 1.807) is 0 Å². The van der Waals surface area contributed by atoms with Gasteiger partial charge in [0.1, 0.15) is 49.6 Å². The molecule has 280 valence electrons. The summed E-state index contributed by atoms with van der Waals surface area (Å²) in [6, 6.07) is 0. The van der Waals surface area contributed by atoms with Gasteiger partial charge in [-0.25, -0.2) is 36.5 Å². The van der Waals surface area contributed by atoms with Crippen molar-refractivity contribution in [2.75, 3.05) is 0 Å². The van der Waals surface area contributed by atoms with Crippen LogP contribution in [-0.4, -0.2) is 32.8 Å². The second-order valence-corrected chi connectivity index (χ2v) is 11.5. The number of rotatable bonds is 12. The maximum absolute atomic E-state index is 9.75. The molecule has 0 spiro atoms. The second-order valence-electron chi connectivity index (χ2n) is 11.5. The van der Waals surface area contributed by atoms with Gasteiger partial charge in [-0.3, -0.25) is 7.32 Å². The summed E-state index contributed by atoms with van der Waals surface area (Å²) in [5, 5.41) is 25.2. The van der Waals surface area contributed by atoms with Crippen LogP contribution in [0.5, 0.6) is 0 Å². The van der Waals surface area contributed by atoms with Crippen molar-refractivity contribution in [1.29, 1.82) is 0 Å². The van der Waals surface area contributed by atoms with Crippen LogP contribution in [0, 0.1) is 0 Å². The first kappa shape index (κ1) is 47.7. The average Bonchev–Trinajstić information content (AvgIpc) is 3.82. The van der Waals surface area contributed by atoms with Crippen molar-refractivity contribution in [3.8, 4) is 0 Å². The molecule has 0 unspecified atom stereocenters.